The molecule has 24 heavy (non-hydrogen) atoms. The second-order valence-electron chi connectivity index (χ2n) is 7.74. The molecule has 2 rings (SSSR count). The average molecular weight is 349 g/mol. The SMILES string of the molecule is Cc1cccc(C)c1NC(=S)N1CCC([NH+](C)CCC(C)C)CC1. The first-order chi connectivity index (χ1) is 11.4. The minimum Gasteiger partial charge on any atom is -0.349 e. The molecule has 3 nitrogen and oxygen atoms in total. The number of para-hydroxylation sites is 1. The quantitative estimate of drug-likeness (QED) is 0.798. The Morgan fingerprint density at radius 2 is 1.83 bits per heavy atom. The maximum atomic E-state index is 5.67. The molecule has 2 N–H and O–H groups in total. The largest absolute Gasteiger partial charge is 0.349 e. The average Bonchev–Trinajstić information content (AvgIpc) is 2.56. The topological polar surface area (TPSA) is 19.7 Å². The molecule has 0 aliphatic carbocycles. The summed E-state index contributed by atoms with van der Waals surface area (Å²) in [6.45, 7) is 12.3. The molecule has 0 aromatic heterocycles. The van der Waals surface area contributed by atoms with Crippen LogP contribution in [0, 0.1) is 19.8 Å². The van der Waals surface area contributed by atoms with Gasteiger partial charge in [-0.05, 0) is 49.5 Å². The van der Waals surface area contributed by atoms with Gasteiger partial charge in [0.2, 0.25) is 0 Å². The molecule has 1 aliphatic rings. The number of rotatable bonds is 5. The normalized spacial score (nSPS) is 17.2. The van der Waals surface area contributed by atoms with Gasteiger partial charge >= 0.3 is 0 Å². The summed E-state index contributed by atoms with van der Waals surface area (Å²) in [4.78, 5) is 4.03. The molecule has 0 bridgehead atoms. The highest BCUT2D eigenvalue weighted by molar-refractivity contribution is 7.80. The van der Waals surface area contributed by atoms with E-state index in [4.69, 9.17) is 12.2 Å². The summed E-state index contributed by atoms with van der Waals surface area (Å²) in [5, 5.41) is 4.36. The molecule has 1 aromatic carbocycles. The van der Waals surface area contributed by atoms with E-state index in [9.17, 15) is 0 Å². The van der Waals surface area contributed by atoms with Crippen LogP contribution in [0.2, 0.25) is 0 Å². The highest BCUT2D eigenvalue weighted by Crippen LogP contribution is 2.20. The van der Waals surface area contributed by atoms with Crippen LogP contribution in [0.5, 0.6) is 0 Å². The zero-order valence-corrected chi connectivity index (χ0v) is 16.8. The first-order valence-electron chi connectivity index (χ1n) is 9.33. The van der Waals surface area contributed by atoms with Crippen molar-refractivity contribution in [2.75, 3.05) is 32.0 Å². The standard InChI is InChI=1S/C20H33N3S/c1-15(2)9-12-22(5)18-10-13-23(14-11-18)20(24)21-19-16(3)7-6-8-17(19)4/h6-8,15,18H,9-14H2,1-5H3,(H,21,24)/p+1. The van der Waals surface area contributed by atoms with Gasteiger partial charge in [-0.15, -0.1) is 0 Å². The van der Waals surface area contributed by atoms with Gasteiger partial charge in [0.15, 0.2) is 5.11 Å². The van der Waals surface area contributed by atoms with Gasteiger partial charge in [-0.1, -0.05) is 32.0 Å². The monoisotopic (exact) mass is 348 g/mol. The number of nitrogens with one attached hydrogen (secondary N) is 2. The third-order valence-electron chi connectivity index (χ3n) is 5.31. The summed E-state index contributed by atoms with van der Waals surface area (Å²) in [5.41, 5.74) is 3.68. The Kier molecular flexibility index (Phi) is 7.05. The third-order valence-corrected chi connectivity index (χ3v) is 5.67. The minimum atomic E-state index is 0.781. The Hall–Kier alpha value is -1.13. The molecule has 0 spiro atoms. The summed E-state index contributed by atoms with van der Waals surface area (Å²) in [6, 6.07) is 7.15. The number of thiocarbonyl (C=S) groups is 1. The van der Waals surface area contributed by atoms with Gasteiger partial charge in [0.25, 0.3) is 0 Å². The molecule has 1 aliphatic heterocycles. The molecule has 1 unspecified atom stereocenters. The van der Waals surface area contributed by atoms with Crippen LogP contribution in [-0.2, 0) is 0 Å². The molecule has 134 valence electrons. The van der Waals surface area contributed by atoms with Crippen molar-refractivity contribution in [1.82, 2.24) is 4.90 Å². The van der Waals surface area contributed by atoms with Crippen LogP contribution in [0.15, 0.2) is 18.2 Å². The van der Waals surface area contributed by atoms with Gasteiger partial charge < -0.3 is 15.1 Å². The van der Waals surface area contributed by atoms with Gasteiger partial charge in [0, 0.05) is 31.6 Å². The van der Waals surface area contributed by atoms with Gasteiger partial charge in [-0.3, -0.25) is 0 Å². The Balaban J connectivity index is 1.84. The fourth-order valence-electron chi connectivity index (χ4n) is 3.49. The number of likely N-dealkylation sites (tertiary alicyclic amines) is 1. The predicted octanol–water partition coefficient (Wildman–Crippen LogP) is 3.03. The number of hydrogen-bond donors (Lipinski definition) is 2. The summed E-state index contributed by atoms with van der Waals surface area (Å²) in [7, 11) is 2.36. The van der Waals surface area contributed by atoms with Crippen molar-refractivity contribution < 1.29 is 4.90 Å². The molecular formula is C20H34N3S+. The zero-order valence-electron chi connectivity index (χ0n) is 16.0. The van der Waals surface area contributed by atoms with Crippen LogP contribution in [0.25, 0.3) is 0 Å². The summed E-state index contributed by atoms with van der Waals surface area (Å²) in [6.07, 6.45) is 3.79. The van der Waals surface area contributed by atoms with Crippen LogP contribution in [0.4, 0.5) is 5.69 Å². The first kappa shape index (κ1) is 19.2. The summed E-state index contributed by atoms with van der Waals surface area (Å²) >= 11 is 5.67. The molecule has 1 fully saturated rings. The highest BCUT2D eigenvalue weighted by Gasteiger charge is 2.26. The maximum absolute atomic E-state index is 5.67. The van der Waals surface area contributed by atoms with Crippen molar-refractivity contribution in [3.05, 3.63) is 29.3 Å². The Morgan fingerprint density at radius 1 is 1.25 bits per heavy atom. The van der Waals surface area contributed by atoms with E-state index >= 15 is 0 Å². The lowest BCUT2D eigenvalue weighted by molar-refractivity contribution is -0.907. The number of aryl methyl sites for hydroxylation is 2. The lowest BCUT2D eigenvalue weighted by Gasteiger charge is -2.36. The lowest BCUT2D eigenvalue weighted by atomic mass is 10.0. The molecule has 1 aromatic rings. The number of nitrogens with zero attached hydrogens (tertiary/aromatic N) is 1. The van der Waals surface area contributed by atoms with E-state index in [-0.39, 0.29) is 0 Å². The maximum Gasteiger partial charge on any atom is 0.173 e. The van der Waals surface area contributed by atoms with Gasteiger partial charge in [-0.2, -0.15) is 0 Å². The second kappa shape index (κ2) is 8.82. The van der Waals surface area contributed by atoms with Crippen LogP contribution < -0.4 is 10.2 Å². The van der Waals surface area contributed by atoms with Crippen molar-refractivity contribution in [3.63, 3.8) is 0 Å². The summed E-state index contributed by atoms with van der Waals surface area (Å²) < 4.78 is 0. The number of piperidine rings is 1. The Bertz CT molecular complexity index is 528. The third kappa shape index (κ3) is 5.18. The second-order valence-corrected chi connectivity index (χ2v) is 8.12. The zero-order chi connectivity index (χ0) is 17.7. The lowest BCUT2D eigenvalue weighted by Crippen LogP contribution is -3.13. The predicted molar refractivity (Wildman–Crippen MR) is 108 cm³/mol. The van der Waals surface area contributed by atoms with Gasteiger partial charge in [0.1, 0.15) is 0 Å². The van der Waals surface area contributed by atoms with E-state index in [0.29, 0.717) is 0 Å². The van der Waals surface area contributed by atoms with Crippen LogP contribution in [0.1, 0.15) is 44.2 Å². The molecule has 4 heteroatoms. The van der Waals surface area contributed by atoms with Gasteiger partial charge in [-0.25, -0.2) is 0 Å². The first-order valence-corrected chi connectivity index (χ1v) is 9.73. The Morgan fingerprint density at radius 3 is 2.38 bits per heavy atom. The molecule has 1 atom stereocenters. The number of hydrogen-bond acceptors (Lipinski definition) is 1. The van der Waals surface area contributed by atoms with Crippen LogP contribution >= 0.6 is 12.2 Å². The fraction of sp³-hybridized carbons (Fsp3) is 0.650. The molecular weight excluding hydrogens is 314 g/mol. The van der Waals surface area contributed by atoms with E-state index in [2.05, 4.69) is 63.2 Å². The molecule has 0 amide bonds. The molecule has 0 radical (unpaired) electrons. The van der Waals surface area contributed by atoms with E-state index in [1.54, 1.807) is 4.90 Å². The van der Waals surface area contributed by atoms with E-state index in [1.807, 2.05) is 0 Å². The van der Waals surface area contributed by atoms with Gasteiger partial charge in [0.05, 0.1) is 19.6 Å². The smallest absolute Gasteiger partial charge is 0.173 e. The van der Waals surface area contributed by atoms with Crippen molar-refractivity contribution in [1.29, 1.82) is 0 Å². The fourth-order valence-corrected chi connectivity index (χ4v) is 3.78. The Labute approximate surface area is 153 Å². The van der Waals surface area contributed by atoms with Crippen LogP contribution in [-0.4, -0.2) is 42.7 Å². The molecule has 1 saturated heterocycles. The summed E-state index contributed by atoms with van der Waals surface area (Å²) in [5.74, 6) is 0.800. The van der Waals surface area contributed by atoms with E-state index < -0.39 is 0 Å². The number of anilines is 1. The minimum absolute atomic E-state index is 0.781. The van der Waals surface area contributed by atoms with Crippen molar-refractivity contribution in [2.45, 2.75) is 53.0 Å². The highest BCUT2D eigenvalue weighted by atomic mass is 32.1. The van der Waals surface area contributed by atoms with Crippen LogP contribution in [0.3, 0.4) is 0 Å². The number of benzene rings is 1. The van der Waals surface area contributed by atoms with E-state index in [1.165, 1.54) is 42.6 Å². The molecule has 1 heterocycles. The van der Waals surface area contributed by atoms with Crippen molar-refractivity contribution in [2.24, 2.45) is 5.92 Å². The van der Waals surface area contributed by atoms with Crippen molar-refractivity contribution in [3.8, 4) is 0 Å². The molecule has 0 saturated carbocycles. The van der Waals surface area contributed by atoms with E-state index in [0.717, 1.165) is 30.2 Å². The van der Waals surface area contributed by atoms with Crippen molar-refractivity contribution >= 4 is 23.0 Å². The number of quaternary nitrogens is 1.